The molecule has 0 fully saturated rings. The minimum Gasteiger partial charge on any atom is -0.323 e. The van der Waals surface area contributed by atoms with E-state index in [0.717, 1.165) is 22.5 Å². The van der Waals surface area contributed by atoms with Crippen LogP contribution in [0.25, 0.3) is 22.5 Å². The lowest BCUT2D eigenvalue weighted by molar-refractivity contribution is -0.113. The van der Waals surface area contributed by atoms with Gasteiger partial charge in [0.15, 0.2) is 11.0 Å². The van der Waals surface area contributed by atoms with Crippen LogP contribution < -0.4 is 5.32 Å². The zero-order valence-electron chi connectivity index (χ0n) is 17.1. The maximum absolute atomic E-state index is 13.8. The number of thioether (sulfide) groups is 1. The topological polar surface area (TPSA) is 59.8 Å². The van der Waals surface area contributed by atoms with Crippen LogP contribution in [0.4, 0.5) is 10.1 Å². The molecule has 0 aliphatic rings. The van der Waals surface area contributed by atoms with Crippen molar-refractivity contribution in [3.8, 4) is 22.5 Å². The maximum atomic E-state index is 13.8. The standard InChI is InChI=1S/C23H21FN4OS2/c1-3-28-22(17-13-30-15(2)21(17)16-9-5-4-6-10-16)26-27-23(28)31-14-20(29)25-19-12-8-7-11-18(19)24/h4-13H,3,14H2,1-2H3,(H,25,29). The molecule has 2 heterocycles. The van der Waals surface area contributed by atoms with Crippen molar-refractivity contribution in [1.82, 2.24) is 14.8 Å². The summed E-state index contributed by atoms with van der Waals surface area (Å²) in [5, 5.41) is 14.1. The minimum atomic E-state index is -0.457. The molecule has 4 rings (SSSR count). The Kier molecular flexibility index (Phi) is 6.48. The van der Waals surface area contributed by atoms with Gasteiger partial charge in [0.05, 0.1) is 11.4 Å². The molecule has 0 spiro atoms. The van der Waals surface area contributed by atoms with Gasteiger partial charge in [0.1, 0.15) is 5.82 Å². The molecule has 0 bridgehead atoms. The van der Waals surface area contributed by atoms with Gasteiger partial charge in [-0.2, -0.15) is 0 Å². The number of para-hydroxylation sites is 1. The van der Waals surface area contributed by atoms with Crippen LogP contribution in [0.3, 0.4) is 0 Å². The molecule has 0 unspecified atom stereocenters. The number of rotatable bonds is 7. The number of carbonyl (C=O) groups excluding carboxylic acids is 1. The SMILES string of the molecule is CCn1c(SCC(=O)Nc2ccccc2F)nnc1-c1csc(C)c1-c1ccccc1. The van der Waals surface area contributed by atoms with Gasteiger partial charge in [-0.05, 0) is 31.5 Å². The molecule has 1 N–H and O–H groups in total. The number of aryl methyl sites for hydroxylation is 1. The molecule has 0 aliphatic carbocycles. The fourth-order valence-corrected chi connectivity index (χ4v) is 5.01. The van der Waals surface area contributed by atoms with Gasteiger partial charge in [-0.1, -0.05) is 54.2 Å². The summed E-state index contributed by atoms with van der Waals surface area (Å²) < 4.78 is 15.8. The first-order valence-electron chi connectivity index (χ1n) is 9.82. The number of nitrogens with one attached hydrogen (secondary N) is 1. The Morgan fingerprint density at radius 3 is 2.61 bits per heavy atom. The van der Waals surface area contributed by atoms with Crippen molar-refractivity contribution in [1.29, 1.82) is 0 Å². The molecule has 2 aromatic carbocycles. The van der Waals surface area contributed by atoms with Crippen molar-refractivity contribution in [2.75, 3.05) is 11.1 Å². The van der Waals surface area contributed by atoms with E-state index in [-0.39, 0.29) is 17.3 Å². The number of anilines is 1. The van der Waals surface area contributed by atoms with Crippen LogP contribution in [-0.2, 0) is 11.3 Å². The highest BCUT2D eigenvalue weighted by molar-refractivity contribution is 7.99. The van der Waals surface area contributed by atoms with Gasteiger partial charge in [0, 0.05) is 27.9 Å². The third-order valence-electron chi connectivity index (χ3n) is 4.79. The third kappa shape index (κ3) is 4.55. The summed E-state index contributed by atoms with van der Waals surface area (Å²) >= 11 is 2.97. The number of halogens is 1. The molecule has 2 aromatic heterocycles. The second-order valence-electron chi connectivity index (χ2n) is 6.81. The fourth-order valence-electron chi connectivity index (χ4n) is 3.34. The molecule has 0 aliphatic heterocycles. The Morgan fingerprint density at radius 1 is 1.13 bits per heavy atom. The third-order valence-corrected chi connectivity index (χ3v) is 6.67. The van der Waals surface area contributed by atoms with Gasteiger partial charge < -0.3 is 9.88 Å². The number of hydrogen-bond acceptors (Lipinski definition) is 5. The van der Waals surface area contributed by atoms with Gasteiger partial charge in [-0.15, -0.1) is 21.5 Å². The van der Waals surface area contributed by atoms with Crippen LogP contribution >= 0.6 is 23.1 Å². The largest absolute Gasteiger partial charge is 0.323 e. The van der Waals surface area contributed by atoms with E-state index in [0.29, 0.717) is 11.7 Å². The molecule has 0 atom stereocenters. The van der Waals surface area contributed by atoms with Gasteiger partial charge in [-0.25, -0.2) is 4.39 Å². The first-order chi connectivity index (χ1) is 15.1. The molecular formula is C23H21FN4OS2. The molecule has 31 heavy (non-hydrogen) atoms. The number of carbonyl (C=O) groups is 1. The first-order valence-corrected chi connectivity index (χ1v) is 11.7. The Hall–Kier alpha value is -2.97. The molecule has 5 nitrogen and oxygen atoms in total. The zero-order chi connectivity index (χ0) is 21.8. The smallest absolute Gasteiger partial charge is 0.234 e. The van der Waals surface area contributed by atoms with E-state index >= 15 is 0 Å². The molecule has 158 valence electrons. The highest BCUT2D eigenvalue weighted by Gasteiger charge is 2.20. The quantitative estimate of drug-likeness (QED) is 0.356. The summed E-state index contributed by atoms with van der Waals surface area (Å²) in [5.74, 6) is 0.142. The summed E-state index contributed by atoms with van der Waals surface area (Å²) in [7, 11) is 0. The lowest BCUT2D eigenvalue weighted by Crippen LogP contribution is -2.15. The molecular weight excluding hydrogens is 431 g/mol. The average molecular weight is 453 g/mol. The fraction of sp³-hybridized carbons (Fsp3) is 0.174. The average Bonchev–Trinajstić information content (AvgIpc) is 3.37. The Bertz CT molecular complexity index is 1200. The number of amides is 1. The number of hydrogen-bond donors (Lipinski definition) is 1. The van der Waals surface area contributed by atoms with Gasteiger partial charge in [0.2, 0.25) is 5.91 Å². The van der Waals surface area contributed by atoms with E-state index in [1.807, 2.05) is 29.7 Å². The van der Waals surface area contributed by atoms with Crippen molar-refractivity contribution in [2.45, 2.75) is 25.5 Å². The Morgan fingerprint density at radius 2 is 1.87 bits per heavy atom. The molecule has 1 amide bonds. The van der Waals surface area contributed by atoms with Gasteiger partial charge in [0.25, 0.3) is 0 Å². The van der Waals surface area contributed by atoms with Crippen molar-refractivity contribution in [2.24, 2.45) is 0 Å². The molecule has 4 aromatic rings. The minimum absolute atomic E-state index is 0.112. The van der Waals surface area contributed by atoms with Gasteiger partial charge in [-0.3, -0.25) is 4.79 Å². The van der Waals surface area contributed by atoms with Crippen LogP contribution in [0.1, 0.15) is 11.8 Å². The monoisotopic (exact) mass is 452 g/mol. The van der Waals surface area contributed by atoms with E-state index < -0.39 is 5.82 Å². The maximum Gasteiger partial charge on any atom is 0.234 e. The Labute approximate surface area is 188 Å². The summed E-state index contributed by atoms with van der Waals surface area (Å²) in [6.07, 6.45) is 0. The lowest BCUT2D eigenvalue weighted by atomic mass is 10.0. The van der Waals surface area contributed by atoms with E-state index in [9.17, 15) is 9.18 Å². The molecule has 0 saturated carbocycles. The van der Waals surface area contributed by atoms with E-state index in [1.165, 1.54) is 28.8 Å². The second-order valence-corrected chi connectivity index (χ2v) is 8.84. The highest BCUT2D eigenvalue weighted by atomic mass is 32.2. The zero-order valence-corrected chi connectivity index (χ0v) is 18.8. The number of benzene rings is 2. The van der Waals surface area contributed by atoms with Crippen LogP contribution in [-0.4, -0.2) is 26.4 Å². The predicted octanol–water partition coefficient (Wildman–Crippen LogP) is 5.87. The molecule has 0 radical (unpaired) electrons. The lowest BCUT2D eigenvalue weighted by Gasteiger charge is -2.09. The summed E-state index contributed by atoms with van der Waals surface area (Å²) in [5.41, 5.74) is 3.50. The van der Waals surface area contributed by atoms with Crippen molar-refractivity contribution in [3.63, 3.8) is 0 Å². The normalized spacial score (nSPS) is 10.9. The molecule has 0 saturated heterocycles. The summed E-state index contributed by atoms with van der Waals surface area (Å²) in [4.78, 5) is 13.5. The van der Waals surface area contributed by atoms with Crippen molar-refractivity contribution < 1.29 is 9.18 Å². The highest BCUT2D eigenvalue weighted by Crippen LogP contribution is 2.39. The number of aromatic nitrogens is 3. The second kappa shape index (κ2) is 9.45. The molecule has 8 heteroatoms. The first kappa shape index (κ1) is 21.3. The van der Waals surface area contributed by atoms with Crippen molar-refractivity contribution >= 4 is 34.7 Å². The predicted molar refractivity (Wildman–Crippen MR) is 125 cm³/mol. The van der Waals surface area contributed by atoms with E-state index in [4.69, 9.17) is 0 Å². The summed E-state index contributed by atoms with van der Waals surface area (Å²) in [6.45, 7) is 4.80. The van der Waals surface area contributed by atoms with E-state index in [2.05, 4.69) is 40.0 Å². The van der Waals surface area contributed by atoms with Crippen LogP contribution in [0.15, 0.2) is 65.1 Å². The Balaban J connectivity index is 1.55. The van der Waals surface area contributed by atoms with Crippen LogP contribution in [0, 0.1) is 12.7 Å². The van der Waals surface area contributed by atoms with Crippen LogP contribution in [0.2, 0.25) is 0 Å². The summed E-state index contributed by atoms with van der Waals surface area (Å²) in [6, 6.07) is 16.3. The van der Waals surface area contributed by atoms with E-state index in [1.54, 1.807) is 23.5 Å². The van der Waals surface area contributed by atoms with Crippen molar-refractivity contribution in [3.05, 3.63) is 70.7 Å². The van der Waals surface area contributed by atoms with Gasteiger partial charge >= 0.3 is 0 Å². The number of nitrogens with zero attached hydrogens (tertiary/aromatic N) is 3. The number of thiophene rings is 1. The van der Waals surface area contributed by atoms with Crippen LogP contribution in [0.5, 0.6) is 0 Å².